The molecular weight excluding hydrogens is 216 g/mol. The molecule has 0 saturated carbocycles. The van der Waals surface area contributed by atoms with Gasteiger partial charge in [0, 0.05) is 20.3 Å². The molecule has 6 nitrogen and oxygen atoms in total. The van der Waals surface area contributed by atoms with Gasteiger partial charge in [0.2, 0.25) is 6.10 Å². The summed E-state index contributed by atoms with van der Waals surface area (Å²) in [5, 5.41) is 0. The summed E-state index contributed by atoms with van der Waals surface area (Å²) < 4.78 is 14.6. The van der Waals surface area contributed by atoms with Crippen LogP contribution < -0.4 is 0 Å². The fourth-order valence-corrected chi connectivity index (χ4v) is 1.50. The lowest BCUT2D eigenvalue weighted by Gasteiger charge is -2.17. The zero-order chi connectivity index (χ0) is 12.3. The highest BCUT2D eigenvalue weighted by molar-refractivity contribution is 5.80. The fourth-order valence-electron chi connectivity index (χ4n) is 1.50. The summed E-state index contributed by atoms with van der Waals surface area (Å²) in [5.41, 5.74) is 0. The van der Waals surface area contributed by atoms with Gasteiger partial charge in [0.25, 0.3) is 0 Å². The molecule has 1 fully saturated rings. The van der Waals surface area contributed by atoms with Crippen molar-refractivity contribution in [2.75, 3.05) is 0 Å². The molecule has 0 radical (unpaired) electrons. The Balaban J connectivity index is 2.52. The highest BCUT2D eigenvalue weighted by atomic mass is 16.6. The largest absolute Gasteiger partial charge is 0.459 e. The second kappa shape index (κ2) is 4.96. The Bertz CT molecular complexity index is 310. The smallest absolute Gasteiger partial charge is 0.348 e. The maximum atomic E-state index is 11.3. The lowest BCUT2D eigenvalue weighted by Crippen LogP contribution is -2.27. The van der Waals surface area contributed by atoms with Crippen LogP contribution in [0.15, 0.2) is 0 Å². The van der Waals surface area contributed by atoms with Gasteiger partial charge in [-0.3, -0.25) is 9.59 Å². The first-order chi connectivity index (χ1) is 7.40. The van der Waals surface area contributed by atoms with E-state index in [9.17, 15) is 14.4 Å². The van der Waals surface area contributed by atoms with Crippen LogP contribution in [0, 0.1) is 0 Å². The van der Waals surface area contributed by atoms with Gasteiger partial charge in [0.15, 0.2) is 0 Å². The molecule has 1 heterocycles. The molecule has 0 aliphatic carbocycles. The molecule has 1 aliphatic heterocycles. The third kappa shape index (κ3) is 3.22. The van der Waals surface area contributed by atoms with Crippen LogP contribution in [0.5, 0.6) is 0 Å². The summed E-state index contributed by atoms with van der Waals surface area (Å²) in [7, 11) is 0. The molecule has 0 bridgehead atoms. The third-order valence-corrected chi connectivity index (χ3v) is 2.16. The first-order valence-electron chi connectivity index (χ1n) is 4.95. The molecule has 0 spiro atoms. The molecule has 1 aliphatic rings. The molecule has 0 amide bonds. The van der Waals surface area contributed by atoms with Gasteiger partial charge in [-0.05, 0) is 6.92 Å². The second-order valence-electron chi connectivity index (χ2n) is 3.62. The zero-order valence-corrected chi connectivity index (χ0v) is 9.39. The monoisotopic (exact) mass is 230 g/mol. The summed E-state index contributed by atoms with van der Waals surface area (Å²) in [6, 6.07) is 0. The molecule has 0 N–H and O–H groups in total. The maximum absolute atomic E-state index is 11.3. The van der Waals surface area contributed by atoms with E-state index in [-0.39, 0.29) is 6.42 Å². The molecule has 3 atom stereocenters. The van der Waals surface area contributed by atoms with Crippen LogP contribution in [0.3, 0.4) is 0 Å². The topological polar surface area (TPSA) is 78.9 Å². The number of cyclic esters (lactones) is 1. The van der Waals surface area contributed by atoms with Crippen molar-refractivity contribution in [3.8, 4) is 0 Å². The van der Waals surface area contributed by atoms with Crippen molar-refractivity contribution in [3.63, 3.8) is 0 Å². The van der Waals surface area contributed by atoms with Crippen LogP contribution in [-0.4, -0.2) is 36.2 Å². The van der Waals surface area contributed by atoms with E-state index in [1.807, 2.05) is 0 Å². The quantitative estimate of drug-likeness (QED) is 0.508. The summed E-state index contributed by atoms with van der Waals surface area (Å²) in [5.74, 6) is -1.58. The van der Waals surface area contributed by atoms with Gasteiger partial charge < -0.3 is 14.2 Å². The average molecular weight is 230 g/mol. The number of esters is 3. The standard InChI is InChI=1S/C10H14O6/c1-5(14-6(2)11)8-4-9(10(13)16-8)15-7(3)12/h5,8-9H,4H2,1-3H3/t5-,8+,9+/m1/s1. The van der Waals surface area contributed by atoms with E-state index < -0.39 is 36.2 Å². The normalized spacial score (nSPS) is 25.8. The van der Waals surface area contributed by atoms with E-state index in [1.165, 1.54) is 13.8 Å². The average Bonchev–Trinajstić information content (AvgIpc) is 2.45. The molecular formula is C10H14O6. The Morgan fingerprint density at radius 2 is 2.00 bits per heavy atom. The summed E-state index contributed by atoms with van der Waals surface area (Å²) in [4.78, 5) is 32.7. The summed E-state index contributed by atoms with van der Waals surface area (Å²) in [6.07, 6.45) is -1.77. The van der Waals surface area contributed by atoms with E-state index in [4.69, 9.17) is 14.2 Å². The van der Waals surface area contributed by atoms with E-state index in [0.717, 1.165) is 0 Å². The van der Waals surface area contributed by atoms with Crippen molar-refractivity contribution in [1.29, 1.82) is 0 Å². The Kier molecular flexibility index (Phi) is 3.87. The first kappa shape index (κ1) is 12.5. The van der Waals surface area contributed by atoms with Crippen LogP contribution >= 0.6 is 0 Å². The molecule has 6 heteroatoms. The first-order valence-corrected chi connectivity index (χ1v) is 4.95. The number of carbonyl (C=O) groups excluding carboxylic acids is 3. The minimum atomic E-state index is -0.888. The predicted molar refractivity (Wildman–Crippen MR) is 51.3 cm³/mol. The Labute approximate surface area is 92.8 Å². The van der Waals surface area contributed by atoms with Gasteiger partial charge in [-0.1, -0.05) is 0 Å². The summed E-state index contributed by atoms with van der Waals surface area (Å²) in [6.45, 7) is 4.11. The van der Waals surface area contributed by atoms with E-state index in [1.54, 1.807) is 6.92 Å². The van der Waals surface area contributed by atoms with Gasteiger partial charge in [0.1, 0.15) is 12.2 Å². The number of ether oxygens (including phenoxy) is 3. The highest BCUT2D eigenvalue weighted by Crippen LogP contribution is 2.22. The summed E-state index contributed by atoms with van der Waals surface area (Å²) >= 11 is 0. The molecule has 0 aromatic heterocycles. The Morgan fingerprint density at radius 1 is 1.38 bits per heavy atom. The fraction of sp³-hybridized carbons (Fsp3) is 0.700. The van der Waals surface area contributed by atoms with Crippen molar-refractivity contribution < 1.29 is 28.6 Å². The minimum Gasteiger partial charge on any atom is -0.459 e. The number of rotatable bonds is 3. The van der Waals surface area contributed by atoms with Crippen molar-refractivity contribution in [3.05, 3.63) is 0 Å². The van der Waals surface area contributed by atoms with Gasteiger partial charge in [0.05, 0.1) is 0 Å². The molecule has 0 aromatic rings. The molecule has 0 aromatic carbocycles. The van der Waals surface area contributed by atoms with Crippen LogP contribution in [-0.2, 0) is 28.6 Å². The van der Waals surface area contributed by atoms with Gasteiger partial charge in [-0.25, -0.2) is 4.79 Å². The predicted octanol–water partition coefficient (Wildman–Crippen LogP) is 0.185. The van der Waals surface area contributed by atoms with Crippen LogP contribution in [0.1, 0.15) is 27.2 Å². The van der Waals surface area contributed by atoms with Gasteiger partial charge in [-0.2, -0.15) is 0 Å². The number of hydrogen-bond donors (Lipinski definition) is 0. The minimum absolute atomic E-state index is 0.215. The van der Waals surface area contributed by atoms with Crippen LogP contribution in [0.25, 0.3) is 0 Å². The van der Waals surface area contributed by atoms with Crippen molar-refractivity contribution in [1.82, 2.24) is 0 Å². The molecule has 90 valence electrons. The molecule has 1 rings (SSSR count). The second-order valence-corrected chi connectivity index (χ2v) is 3.62. The molecule has 16 heavy (non-hydrogen) atoms. The SMILES string of the molecule is CC(=O)O[C@H]1C[C@@H]([C@@H](C)OC(C)=O)OC1=O. The zero-order valence-electron chi connectivity index (χ0n) is 9.39. The third-order valence-electron chi connectivity index (χ3n) is 2.16. The Hall–Kier alpha value is -1.59. The van der Waals surface area contributed by atoms with E-state index >= 15 is 0 Å². The number of hydrogen-bond acceptors (Lipinski definition) is 6. The number of carbonyl (C=O) groups is 3. The van der Waals surface area contributed by atoms with Crippen LogP contribution in [0.4, 0.5) is 0 Å². The van der Waals surface area contributed by atoms with Gasteiger partial charge in [-0.15, -0.1) is 0 Å². The van der Waals surface area contributed by atoms with E-state index in [0.29, 0.717) is 0 Å². The van der Waals surface area contributed by atoms with Gasteiger partial charge >= 0.3 is 17.9 Å². The highest BCUT2D eigenvalue weighted by Gasteiger charge is 2.40. The van der Waals surface area contributed by atoms with Crippen molar-refractivity contribution in [2.45, 2.75) is 45.5 Å². The molecule has 1 saturated heterocycles. The van der Waals surface area contributed by atoms with Crippen molar-refractivity contribution in [2.24, 2.45) is 0 Å². The van der Waals surface area contributed by atoms with Crippen LogP contribution in [0.2, 0.25) is 0 Å². The Morgan fingerprint density at radius 3 is 2.50 bits per heavy atom. The maximum Gasteiger partial charge on any atom is 0.348 e. The lowest BCUT2D eigenvalue weighted by atomic mass is 10.1. The molecule has 0 unspecified atom stereocenters. The lowest BCUT2D eigenvalue weighted by molar-refractivity contribution is -0.163. The van der Waals surface area contributed by atoms with Crippen molar-refractivity contribution >= 4 is 17.9 Å². The van der Waals surface area contributed by atoms with E-state index in [2.05, 4.69) is 0 Å².